The molecule has 2 aliphatic rings. The van der Waals surface area contributed by atoms with Gasteiger partial charge in [-0.1, -0.05) is 13.8 Å². The van der Waals surface area contributed by atoms with Crippen LogP contribution < -0.4 is 0 Å². The fraction of sp³-hybridized carbons (Fsp3) is 0.846. The normalized spacial score (nSPS) is 45.3. The smallest absolute Gasteiger partial charge is 0.188 e. The number of terminal acetylenes is 1. The van der Waals surface area contributed by atoms with Gasteiger partial charge in [0.15, 0.2) is 12.1 Å². The second-order valence-electron chi connectivity index (χ2n) is 5.17. The summed E-state index contributed by atoms with van der Waals surface area (Å²) < 4.78 is 17.6. The molecule has 0 aliphatic carbocycles. The molecule has 2 heterocycles. The van der Waals surface area contributed by atoms with Crippen molar-refractivity contribution in [2.24, 2.45) is 5.92 Å². The molecule has 2 aliphatic heterocycles. The Hall–Kier alpha value is -0.560. The predicted octanol–water partition coefficient (Wildman–Crippen LogP) is 2.30. The van der Waals surface area contributed by atoms with Crippen LogP contribution in [-0.2, 0) is 14.2 Å². The lowest BCUT2D eigenvalue weighted by atomic mass is 9.82. The average Bonchev–Trinajstić information content (AvgIpc) is 2.62. The second-order valence-corrected chi connectivity index (χ2v) is 5.17. The van der Waals surface area contributed by atoms with Crippen molar-refractivity contribution in [1.82, 2.24) is 0 Å². The number of hydrogen-bond donors (Lipinski definition) is 0. The van der Waals surface area contributed by atoms with Gasteiger partial charge in [0.1, 0.15) is 6.10 Å². The molecule has 0 aromatic heterocycles. The van der Waals surface area contributed by atoms with Crippen molar-refractivity contribution in [3.63, 3.8) is 0 Å². The largest absolute Gasteiger partial charge is 0.342 e. The van der Waals surface area contributed by atoms with E-state index in [1.54, 1.807) is 0 Å². The zero-order chi connectivity index (χ0) is 12.0. The Bertz CT molecular complexity index is 318. The Morgan fingerprint density at radius 2 is 1.94 bits per heavy atom. The van der Waals surface area contributed by atoms with Gasteiger partial charge >= 0.3 is 0 Å². The predicted molar refractivity (Wildman–Crippen MR) is 60.5 cm³/mol. The molecule has 0 N–H and O–H groups in total. The van der Waals surface area contributed by atoms with Crippen LogP contribution >= 0.6 is 0 Å². The summed E-state index contributed by atoms with van der Waals surface area (Å²) in [4.78, 5) is 0. The van der Waals surface area contributed by atoms with E-state index in [4.69, 9.17) is 20.6 Å². The molecule has 0 aromatic carbocycles. The van der Waals surface area contributed by atoms with Crippen molar-refractivity contribution >= 4 is 0 Å². The van der Waals surface area contributed by atoms with Crippen molar-refractivity contribution in [3.05, 3.63) is 0 Å². The molecule has 0 unspecified atom stereocenters. The lowest BCUT2D eigenvalue weighted by molar-refractivity contribution is -0.231. The van der Waals surface area contributed by atoms with Gasteiger partial charge < -0.3 is 14.2 Å². The summed E-state index contributed by atoms with van der Waals surface area (Å²) >= 11 is 0. The van der Waals surface area contributed by atoms with E-state index in [0.717, 1.165) is 6.42 Å². The Morgan fingerprint density at radius 1 is 1.25 bits per heavy atom. The van der Waals surface area contributed by atoms with E-state index in [1.165, 1.54) is 0 Å². The number of fused-ring (bicyclic) bond motifs is 1. The fourth-order valence-corrected chi connectivity index (χ4v) is 2.73. The summed E-state index contributed by atoms with van der Waals surface area (Å²) in [6.45, 7) is 8.06. The van der Waals surface area contributed by atoms with Gasteiger partial charge in [0, 0.05) is 12.3 Å². The lowest BCUT2D eigenvalue weighted by Crippen LogP contribution is -2.38. The highest BCUT2D eigenvalue weighted by Crippen LogP contribution is 2.48. The van der Waals surface area contributed by atoms with E-state index in [-0.39, 0.29) is 23.9 Å². The highest BCUT2D eigenvalue weighted by atomic mass is 16.8. The monoisotopic (exact) mass is 224 g/mol. The molecule has 4 atom stereocenters. The van der Waals surface area contributed by atoms with Gasteiger partial charge in [-0.25, -0.2) is 0 Å². The molecule has 0 spiro atoms. The molecule has 2 saturated heterocycles. The van der Waals surface area contributed by atoms with Crippen molar-refractivity contribution in [2.45, 2.75) is 64.3 Å². The maximum Gasteiger partial charge on any atom is 0.188 e. The summed E-state index contributed by atoms with van der Waals surface area (Å²) in [7, 11) is 0. The van der Waals surface area contributed by atoms with Gasteiger partial charge in [-0.3, -0.25) is 0 Å². The number of ether oxygens (including phenoxy) is 3. The van der Waals surface area contributed by atoms with Crippen molar-refractivity contribution in [2.75, 3.05) is 0 Å². The molecule has 0 aromatic rings. The SMILES string of the molecule is C#CC[C@@]1(CC)O[C@@H]2OC(C)(C)O[C@@H]2[C@H]1C. The highest BCUT2D eigenvalue weighted by Gasteiger charge is 2.58. The highest BCUT2D eigenvalue weighted by molar-refractivity contribution is 5.06. The van der Waals surface area contributed by atoms with E-state index in [0.29, 0.717) is 6.42 Å². The molecule has 16 heavy (non-hydrogen) atoms. The first-order valence-corrected chi connectivity index (χ1v) is 5.91. The van der Waals surface area contributed by atoms with Crippen molar-refractivity contribution < 1.29 is 14.2 Å². The quantitative estimate of drug-likeness (QED) is 0.674. The van der Waals surface area contributed by atoms with E-state index in [9.17, 15) is 0 Å². The zero-order valence-corrected chi connectivity index (χ0v) is 10.4. The molecule has 0 radical (unpaired) electrons. The standard InChI is InChI=1S/C13H20O3/c1-6-8-13(7-2)9(3)10-11(16-13)15-12(4,5)14-10/h1,9-11H,7-8H2,2-5H3/t9-,10-,11+,13-/m1/s1. The third kappa shape index (κ3) is 1.66. The van der Waals surface area contributed by atoms with E-state index in [2.05, 4.69) is 19.8 Å². The maximum atomic E-state index is 6.02. The average molecular weight is 224 g/mol. The van der Waals surface area contributed by atoms with Gasteiger partial charge in [-0.15, -0.1) is 12.3 Å². The first-order chi connectivity index (χ1) is 7.44. The Balaban J connectivity index is 2.18. The third-order valence-corrected chi connectivity index (χ3v) is 3.76. The maximum absolute atomic E-state index is 6.02. The molecule has 0 bridgehead atoms. The molecular formula is C13H20O3. The molecule has 2 rings (SSSR count). The lowest BCUT2D eigenvalue weighted by Gasteiger charge is -2.33. The van der Waals surface area contributed by atoms with Crippen LogP contribution in [0.4, 0.5) is 0 Å². The van der Waals surface area contributed by atoms with E-state index < -0.39 is 5.79 Å². The Morgan fingerprint density at radius 3 is 2.44 bits per heavy atom. The molecule has 90 valence electrons. The van der Waals surface area contributed by atoms with E-state index >= 15 is 0 Å². The zero-order valence-electron chi connectivity index (χ0n) is 10.4. The molecule has 2 fully saturated rings. The summed E-state index contributed by atoms with van der Waals surface area (Å²) in [6.07, 6.45) is 6.66. The molecular weight excluding hydrogens is 204 g/mol. The van der Waals surface area contributed by atoms with E-state index in [1.807, 2.05) is 13.8 Å². The summed E-state index contributed by atoms with van der Waals surface area (Å²) in [6, 6.07) is 0. The minimum absolute atomic E-state index is 0.00306. The van der Waals surface area contributed by atoms with Crippen LogP contribution in [0, 0.1) is 18.3 Å². The molecule has 3 nitrogen and oxygen atoms in total. The molecule has 0 saturated carbocycles. The van der Waals surface area contributed by atoms with Crippen molar-refractivity contribution in [3.8, 4) is 12.3 Å². The van der Waals surface area contributed by atoms with Crippen LogP contribution in [-0.4, -0.2) is 23.8 Å². The van der Waals surface area contributed by atoms with Crippen LogP contribution in [0.15, 0.2) is 0 Å². The van der Waals surface area contributed by atoms with Crippen LogP contribution in [0.25, 0.3) is 0 Å². The van der Waals surface area contributed by atoms with Gasteiger partial charge in [-0.2, -0.15) is 0 Å². The first kappa shape index (κ1) is 11.9. The molecule has 3 heteroatoms. The molecule has 0 amide bonds. The van der Waals surface area contributed by atoms with Crippen LogP contribution in [0.1, 0.15) is 40.5 Å². The van der Waals surface area contributed by atoms with Gasteiger partial charge in [0.05, 0.1) is 5.60 Å². The minimum Gasteiger partial charge on any atom is -0.342 e. The third-order valence-electron chi connectivity index (χ3n) is 3.76. The number of rotatable bonds is 2. The fourth-order valence-electron chi connectivity index (χ4n) is 2.73. The first-order valence-electron chi connectivity index (χ1n) is 5.91. The van der Waals surface area contributed by atoms with Crippen LogP contribution in [0.3, 0.4) is 0 Å². The summed E-state index contributed by atoms with van der Waals surface area (Å²) in [5, 5.41) is 0. The topological polar surface area (TPSA) is 27.7 Å². The van der Waals surface area contributed by atoms with Crippen molar-refractivity contribution in [1.29, 1.82) is 0 Å². The van der Waals surface area contributed by atoms with Crippen LogP contribution in [0.5, 0.6) is 0 Å². The van der Waals surface area contributed by atoms with Gasteiger partial charge in [0.2, 0.25) is 0 Å². The van der Waals surface area contributed by atoms with Gasteiger partial charge in [0.25, 0.3) is 0 Å². The second kappa shape index (κ2) is 3.73. The number of hydrogen-bond acceptors (Lipinski definition) is 3. The summed E-state index contributed by atoms with van der Waals surface area (Å²) in [5.74, 6) is 2.43. The van der Waals surface area contributed by atoms with Gasteiger partial charge in [-0.05, 0) is 20.3 Å². The Labute approximate surface area is 97.4 Å². The summed E-state index contributed by atoms with van der Waals surface area (Å²) in [5.41, 5.74) is -0.277. The minimum atomic E-state index is -0.542. The Kier molecular flexibility index (Phi) is 2.78. The van der Waals surface area contributed by atoms with Crippen LogP contribution in [0.2, 0.25) is 0 Å².